The van der Waals surface area contributed by atoms with Gasteiger partial charge in [0.2, 0.25) is 0 Å². The Bertz CT molecular complexity index is 1710. The summed E-state index contributed by atoms with van der Waals surface area (Å²) >= 11 is 0. The summed E-state index contributed by atoms with van der Waals surface area (Å²) in [5, 5.41) is 0. The van der Waals surface area contributed by atoms with Crippen molar-refractivity contribution in [3.05, 3.63) is 155 Å². The second-order valence-electron chi connectivity index (χ2n) is 12.4. The van der Waals surface area contributed by atoms with Crippen LogP contribution < -0.4 is 9.47 Å². The number of benzene rings is 5. The quantitative estimate of drug-likeness (QED) is 0.142. The Morgan fingerprint density at radius 2 is 0.826 bits per heavy atom. The van der Waals surface area contributed by atoms with Crippen molar-refractivity contribution in [1.29, 1.82) is 0 Å². The predicted molar refractivity (Wildman–Crippen MR) is 186 cm³/mol. The predicted octanol–water partition coefficient (Wildman–Crippen LogP) is 10.7. The Labute approximate surface area is 273 Å². The maximum atomic E-state index is 12.2. The summed E-state index contributed by atoms with van der Waals surface area (Å²) in [4.78, 5) is 24.3. The van der Waals surface area contributed by atoms with E-state index in [2.05, 4.69) is 50.2 Å². The highest BCUT2D eigenvalue weighted by Crippen LogP contribution is 2.35. The maximum absolute atomic E-state index is 12.2. The van der Waals surface area contributed by atoms with Crippen LogP contribution in [-0.2, 0) is 0 Å². The van der Waals surface area contributed by atoms with Gasteiger partial charge in [0, 0.05) is 0 Å². The Kier molecular flexibility index (Phi) is 10.8. The van der Waals surface area contributed by atoms with Gasteiger partial charge in [-0.25, -0.2) is 9.59 Å². The highest BCUT2D eigenvalue weighted by molar-refractivity contribution is 5.91. The van der Waals surface area contributed by atoms with Gasteiger partial charge in [-0.05, 0) is 111 Å². The van der Waals surface area contributed by atoms with Crippen molar-refractivity contribution >= 4 is 11.9 Å². The molecule has 0 radical (unpaired) electrons. The minimum absolute atomic E-state index is 0.294. The van der Waals surface area contributed by atoms with E-state index in [-0.39, 0.29) is 11.9 Å². The molecule has 0 aromatic heterocycles. The van der Waals surface area contributed by atoms with E-state index in [0.717, 1.165) is 28.2 Å². The standard InChI is InChI=1S/C21H24O2.C21H18O2/c1-15-3-7-17(8-4-15)18-9-11-19(12-10-18)21(22)23-20-13-5-16(2)6-14-20;1-15-3-7-17(8-4-15)18-11-13-20(14-12-18)23-21(22)19-9-5-16(2)6-10-19/h5-6,9-15,17H,3-4,7-8H2,1-2H3;3-14H,1-2H3. The minimum atomic E-state index is -0.340. The van der Waals surface area contributed by atoms with E-state index < -0.39 is 0 Å². The van der Waals surface area contributed by atoms with Gasteiger partial charge < -0.3 is 9.47 Å². The molecule has 0 aliphatic heterocycles. The zero-order valence-electron chi connectivity index (χ0n) is 27.2. The number of carbonyl (C=O) groups excluding carboxylic acids is 2. The molecule has 46 heavy (non-hydrogen) atoms. The molecule has 6 rings (SSSR count). The molecule has 234 valence electrons. The highest BCUT2D eigenvalue weighted by Gasteiger charge is 2.20. The van der Waals surface area contributed by atoms with Gasteiger partial charge >= 0.3 is 11.9 Å². The number of rotatable bonds is 6. The van der Waals surface area contributed by atoms with E-state index in [1.54, 1.807) is 12.1 Å². The van der Waals surface area contributed by atoms with Gasteiger partial charge in [-0.15, -0.1) is 0 Å². The number of aryl methyl sites for hydroxylation is 3. The van der Waals surface area contributed by atoms with E-state index >= 15 is 0 Å². The normalized spacial score (nSPS) is 15.7. The molecular formula is C42H42O4. The second-order valence-corrected chi connectivity index (χ2v) is 12.4. The molecule has 1 fully saturated rings. The molecule has 0 spiro atoms. The van der Waals surface area contributed by atoms with Crippen LogP contribution in [0, 0.1) is 26.7 Å². The van der Waals surface area contributed by atoms with Crippen molar-refractivity contribution in [3.8, 4) is 22.6 Å². The van der Waals surface area contributed by atoms with Crippen molar-refractivity contribution in [2.24, 2.45) is 5.92 Å². The lowest BCUT2D eigenvalue weighted by Crippen LogP contribution is -2.12. The summed E-state index contributed by atoms with van der Waals surface area (Å²) in [7, 11) is 0. The lowest BCUT2D eigenvalue weighted by Gasteiger charge is -2.26. The van der Waals surface area contributed by atoms with E-state index in [4.69, 9.17) is 9.47 Å². The molecular weight excluding hydrogens is 568 g/mol. The van der Waals surface area contributed by atoms with Crippen LogP contribution in [0.2, 0.25) is 0 Å². The number of esters is 2. The third-order valence-corrected chi connectivity index (χ3v) is 8.60. The molecule has 5 aromatic rings. The first-order valence-corrected chi connectivity index (χ1v) is 16.1. The molecule has 4 nitrogen and oxygen atoms in total. The van der Waals surface area contributed by atoms with Crippen LogP contribution in [0.15, 0.2) is 121 Å². The van der Waals surface area contributed by atoms with Crippen molar-refractivity contribution < 1.29 is 19.1 Å². The third kappa shape index (κ3) is 9.04. The molecule has 0 bridgehead atoms. The lowest BCUT2D eigenvalue weighted by molar-refractivity contribution is 0.0725. The summed E-state index contributed by atoms with van der Waals surface area (Å²) in [5.41, 5.74) is 8.25. The number of carbonyl (C=O) groups is 2. The van der Waals surface area contributed by atoms with Crippen LogP contribution >= 0.6 is 0 Å². The molecule has 0 atom stereocenters. The van der Waals surface area contributed by atoms with Crippen molar-refractivity contribution in [3.63, 3.8) is 0 Å². The fourth-order valence-electron chi connectivity index (χ4n) is 5.57. The highest BCUT2D eigenvalue weighted by atomic mass is 16.5. The summed E-state index contributed by atoms with van der Waals surface area (Å²) in [6.45, 7) is 8.40. The Balaban J connectivity index is 0.000000181. The number of hydrogen-bond donors (Lipinski definition) is 0. The number of hydrogen-bond acceptors (Lipinski definition) is 4. The first kappa shape index (κ1) is 32.4. The SMILES string of the molecule is Cc1ccc(C(=O)Oc2ccc(-c3ccc(C)cc3)cc2)cc1.Cc1ccc(OC(=O)c2ccc(C3CCC(C)CC3)cc2)cc1. The Morgan fingerprint density at radius 3 is 1.28 bits per heavy atom. The van der Waals surface area contributed by atoms with Crippen LogP contribution in [0.5, 0.6) is 11.5 Å². The van der Waals surface area contributed by atoms with Crippen LogP contribution in [-0.4, -0.2) is 11.9 Å². The molecule has 0 amide bonds. The third-order valence-electron chi connectivity index (χ3n) is 8.60. The molecule has 1 aliphatic carbocycles. The second kappa shape index (κ2) is 15.4. The van der Waals surface area contributed by atoms with Gasteiger partial charge in [-0.2, -0.15) is 0 Å². The van der Waals surface area contributed by atoms with Crippen molar-refractivity contribution in [1.82, 2.24) is 0 Å². The van der Waals surface area contributed by atoms with Crippen molar-refractivity contribution in [2.75, 3.05) is 0 Å². The van der Waals surface area contributed by atoms with Gasteiger partial charge in [-0.1, -0.05) is 109 Å². The molecule has 1 aliphatic rings. The Hall–Kier alpha value is -4.96. The fraction of sp³-hybridized carbons (Fsp3) is 0.238. The van der Waals surface area contributed by atoms with Gasteiger partial charge in [0.05, 0.1) is 11.1 Å². The summed E-state index contributed by atoms with van der Waals surface area (Å²) < 4.78 is 10.8. The molecule has 0 unspecified atom stereocenters. The Morgan fingerprint density at radius 1 is 0.478 bits per heavy atom. The van der Waals surface area contributed by atoms with Crippen molar-refractivity contribution in [2.45, 2.75) is 59.3 Å². The molecule has 0 saturated heterocycles. The topological polar surface area (TPSA) is 52.6 Å². The summed E-state index contributed by atoms with van der Waals surface area (Å²) in [6.07, 6.45) is 5.13. The van der Waals surface area contributed by atoms with Gasteiger partial charge in [0.25, 0.3) is 0 Å². The largest absolute Gasteiger partial charge is 0.423 e. The monoisotopic (exact) mass is 610 g/mol. The first-order chi connectivity index (χ1) is 22.2. The summed E-state index contributed by atoms with van der Waals surface area (Å²) in [5.74, 6) is 2.01. The minimum Gasteiger partial charge on any atom is -0.423 e. The van der Waals surface area contributed by atoms with Crippen LogP contribution in [0.25, 0.3) is 11.1 Å². The number of ether oxygens (including phenoxy) is 2. The van der Waals surface area contributed by atoms with E-state index in [9.17, 15) is 9.59 Å². The average Bonchev–Trinajstić information content (AvgIpc) is 3.07. The first-order valence-electron chi connectivity index (χ1n) is 16.1. The zero-order valence-corrected chi connectivity index (χ0v) is 27.2. The summed E-state index contributed by atoms with van der Waals surface area (Å²) in [6, 6.07) is 38.7. The maximum Gasteiger partial charge on any atom is 0.343 e. The molecule has 0 heterocycles. The van der Waals surface area contributed by atoms with Gasteiger partial charge in [0.15, 0.2) is 0 Å². The average molecular weight is 611 g/mol. The van der Waals surface area contributed by atoms with Crippen LogP contribution in [0.1, 0.15) is 81.5 Å². The smallest absolute Gasteiger partial charge is 0.343 e. The van der Waals surface area contributed by atoms with Crippen LogP contribution in [0.3, 0.4) is 0 Å². The molecule has 1 saturated carbocycles. The fourth-order valence-corrected chi connectivity index (χ4v) is 5.57. The molecule has 0 N–H and O–H groups in total. The van der Waals surface area contributed by atoms with E-state index in [0.29, 0.717) is 28.5 Å². The van der Waals surface area contributed by atoms with Gasteiger partial charge in [0.1, 0.15) is 11.5 Å². The lowest BCUT2D eigenvalue weighted by atomic mass is 9.79. The van der Waals surface area contributed by atoms with Crippen LogP contribution in [0.4, 0.5) is 0 Å². The molecule has 4 heteroatoms. The zero-order chi connectivity index (χ0) is 32.5. The molecule has 5 aromatic carbocycles. The van der Waals surface area contributed by atoms with E-state index in [1.165, 1.54) is 36.8 Å². The van der Waals surface area contributed by atoms with E-state index in [1.807, 2.05) is 86.6 Å². The van der Waals surface area contributed by atoms with Gasteiger partial charge in [-0.3, -0.25) is 0 Å².